The van der Waals surface area contributed by atoms with Crippen molar-refractivity contribution in [3.05, 3.63) is 48.9 Å². The van der Waals surface area contributed by atoms with Crippen molar-refractivity contribution < 1.29 is 28.2 Å². The van der Waals surface area contributed by atoms with E-state index in [9.17, 15) is 9.59 Å². The van der Waals surface area contributed by atoms with Crippen molar-refractivity contribution in [2.45, 2.75) is 6.42 Å². The lowest BCUT2D eigenvalue weighted by Crippen LogP contribution is -2.27. The molecule has 0 N–H and O–H groups in total. The Morgan fingerprint density at radius 1 is 1.07 bits per heavy atom. The average Bonchev–Trinajstić information content (AvgIpc) is 3.44. The molecule has 30 heavy (non-hydrogen) atoms. The summed E-state index contributed by atoms with van der Waals surface area (Å²) < 4.78 is 21.7. The van der Waals surface area contributed by atoms with Gasteiger partial charge in [0.05, 0.1) is 5.92 Å². The van der Waals surface area contributed by atoms with Crippen molar-refractivity contribution in [1.82, 2.24) is 10.2 Å². The number of ether oxygens (including phenoxy) is 3. The van der Waals surface area contributed by atoms with Crippen molar-refractivity contribution in [3.8, 4) is 28.7 Å². The summed E-state index contributed by atoms with van der Waals surface area (Å²) in [5.74, 6) is 0.865. The lowest BCUT2D eigenvalue weighted by atomic mass is 10.1. The van der Waals surface area contributed by atoms with E-state index in [-0.39, 0.29) is 18.9 Å². The van der Waals surface area contributed by atoms with Crippen molar-refractivity contribution in [2.75, 3.05) is 24.7 Å². The number of benzene rings is 2. The molecule has 9 heteroatoms. The van der Waals surface area contributed by atoms with Gasteiger partial charge >= 0.3 is 5.97 Å². The molecule has 152 valence electrons. The first-order chi connectivity index (χ1) is 14.7. The lowest BCUT2D eigenvalue weighted by molar-refractivity contribution is -0.139. The second-order valence-corrected chi connectivity index (χ2v) is 6.92. The molecule has 1 aromatic heterocycles. The Hall–Kier alpha value is -3.88. The zero-order valence-electron chi connectivity index (χ0n) is 15.8. The van der Waals surface area contributed by atoms with Crippen LogP contribution in [0.25, 0.3) is 11.5 Å². The number of rotatable bonds is 4. The number of aromatic nitrogens is 2. The van der Waals surface area contributed by atoms with Gasteiger partial charge in [0.25, 0.3) is 0 Å². The number of carbonyl (C=O) groups is 2. The van der Waals surface area contributed by atoms with Gasteiger partial charge in [-0.3, -0.25) is 9.59 Å². The Morgan fingerprint density at radius 3 is 2.63 bits per heavy atom. The number of esters is 1. The third-order valence-electron chi connectivity index (χ3n) is 4.98. The first kappa shape index (κ1) is 18.2. The van der Waals surface area contributed by atoms with Crippen LogP contribution >= 0.6 is 0 Å². The molecule has 0 saturated carbocycles. The fourth-order valence-electron chi connectivity index (χ4n) is 3.48. The Morgan fingerprint density at radius 2 is 1.87 bits per heavy atom. The van der Waals surface area contributed by atoms with Crippen LogP contribution in [0.15, 0.2) is 53.3 Å². The topological polar surface area (TPSA) is 104 Å². The second-order valence-electron chi connectivity index (χ2n) is 6.92. The average molecular weight is 407 g/mol. The van der Waals surface area contributed by atoms with Gasteiger partial charge in [0.1, 0.15) is 19.0 Å². The molecule has 1 saturated heterocycles. The minimum absolute atomic E-state index is 0.0906. The highest BCUT2D eigenvalue weighted by Crippen LogP contribution is 2.36. The third kappa shape index (κ3) is 3.45. The number of hydrogen-bond donors (Lipinski definition) is 0. The molecule has 0 aliphatic carbocycles. The van der Waals surface area contributed by atoms with E-state index in [4.69, 9.17) is 18.6 Å². The fraction of sp³-hybridized carbons (Fsp3) is 0.238. The monoisotopic (exact) mass is 407 g/mol. The van der Waals surface area contributed by atoms with E-state index in [1.807, 2.05) is 0 Å². The Bertz CT molecular complexity index is 1080. The lowest BCUT2D eigenvalue weighted by Gasteiger charge is -2.22. The molecule has 3 aromatic rings. The van der Waals surface area contributed by atoms with E-state index >= 15 is 0 Å². The first-order valence-corrected chi connectivity index (χ1v) is 9.46. The van der Waals surface area contributed by atoms with E-state index in [0.717, 1.165) is 0 Å². The number of hydrogen-bond acceptors (Lipinski definition) is 8. The molecule has 1 amide bonds. The van der Waals surface area contributed by atoms with Gasteiger partial charge in [0, 0.05) is 30.3 Å². The summed E-state index contributed by atoms with van der Waals surface area (Å²) in [6.07, 6.45) is 1.33. The molecule has 0 radical (unpaired) electrons. The van der Waals surface area contributed by atoms with Crippen LogP contribution < -0.4 is 19.1 Å². The van der Waals surface area contributed by atoms with E-state index < -0.39 is 11.9 Å². The third-order valence-corrected chi connectivity index (χ3v) is 4.98. The summed E-state index contributed by atoms with van der Waals surface area (Å²) in [5, 5.41) is 7.46. The van der Waals surface area contributed by atoms with Crippen LogP contribution in [0.5, 0.6) is 17.2 Å². The van der Waals surface area contributed by atoms with Gasteiger partial charge in [0.2, 0.25) is 18.2 Å². The summed E-state index contributed by atoms with van der Waals surface area (Å²) >= 11 is 0. The number of carbonyl (C=O) groups excluding carboxylic acids is 2. The molecule has 0 bridgehead atoms. The predicted octanol–water partition coefficient (Wildman–Crippen LogP) is 2.47. The SMILES string of the molecule is O=C(Oc1ccc(-c2nnco2)cc1)[C@H]1CC(=O)N(c2ccc3c(c2)OCCO3)C1. The van der Waals surface area contributed by atoms with Crippen LogP contribution in [0.3, 0.4) is 0 Å². The molecule has 0 unspecified atom stereocenters. The highest BCUT2D eigenvalue weighted by Gasteiger charge is 2.37. The van der Waals surface area contributed by atoms with Gasteiger partial charge in [-0.1, -0.05) is 0 Å². The van der Waals surface area contributed by atoms with Gasteiger partial charge in [-0.2, -0.15) is 0 Å². The molecule has 2 aromatic carbocycles. The van der Waals surface area contributed by atoms with Crippen molar-refractivity contribution in [3.63, 3.8) is 0 Å². The highest BCUT2D eigenvalue weighted by molar-refractivity contribution is 6.00. The first-order valence-electron chi connectivity index (χ1n) is 9.46. The summed E-state index contributed by atoms with van der Waals surface area (Å²) in [4.78, 5) is 26.7. The normalized spacial score (nSPS) is 17.8. The fourth-order valence-corrected chi connectivity index (χ4v) is 3.48. The number of amides is 1. The zero-order chi connectivity index (χ0) is 20.5. The molecule has 2 aliphatic rings. The van der Waals surface area contributed by atoms with Gasteiger partial charge in [-0.25, -0.2) is 0 Å². The number of nitrogens with zero attached hydrogens (tertiary/aromatic N) is 3. The zero-order valence-corrected chi connectivity index (χ0v) is 15.8. The molecular formula is C21H17N3O6. The van der Waals surface area contributed by atoms with Gasteiger partial charge < -0.3 is 23.5 Å². The van der Waals surface area contributed by atoms with Crippen LogP contribution in [0.4, 0.5) is 5.69 Å². The van der Waals surface area contributed by atoms with Crippen LogP contribution in [-0.4, -0.2) is 41.8 Å². The van der Waals surface area contributed by atoms with Gasteiger partial charge in [-0.15, -0.1) is 10.2 Å². The summed E-state index contributed by atoms with van der Waals surface area (Å²) in [6, 6.07) is 12.0. The number of anilines is 1. The maximum absolute atomic E-state index is 12.6. The Balaban J connectivity index is 1.25. The van der Waals surface area contributed by atoms with E-state index in [0.29, 0.717) is 47.6 Å². The summed E-state index contributed by atoms with van der Waals surface area (Å²) in [5.41, 5.74) is 1.39. The second kappa shape index (κ2) is 7.51. The van der Waals surface area contributed by atoms with Crippen molar-refractivity contribution in [2.24, 2.45) is 5.92 Å². The minimum atomic E-state index is -0.554. The molecule has 1 atom stereocenters. The summed E-state index contributed by atoms with van der Waals surface area (Å²) in [7, 11) is 0. The summed E-state index contributed by atoms with van der Waals surface area (Å²) in [6.45, 7) is 1.21. The van der Waals surface area contributed by atoms with Crippen molar-refractivity contribution in [1.29, 1.82) is 0 Å². The van der Waals surface area contributed by atoms with Crippen LogP contribution in [0.1, 0.15) is 6.42 Å². The van der Waals surface area contributed by atoms with E-state index in [1.54, 1.807) is 47.4 Å². The van der Waals surface area contributed by atoms with Crippen LogP contribution in [0.2, 0.25) is 0 Å². The van der Waals surface area contributed by atoms with Gasteiger partial charge in [0.15, 0.2) is 11.5 Å². The molecular weight excluding hydrogens is 390 g/mol. The smallest absolute Gasteiger partial charge is 0.316 e. The molecule has 1 fully saturated rings. The molecule has 3 heterocycles. The minimum Gasteiger partial charge on any atom is -0.486 e. The van der Waals surface area contributed by atoms with Gasteiger partial charge in [-0.05, 0) is 36.4 Å². The van der Waals surface area contributed by atoms with Crippen LogP contribution in [-0.2, 0) is 9.59 Å². The van der Waals surface area contributed by atoms with Crippen LogP contribution in [0, 0.1) is 5.92 Å². The molecule has 9 nitrogen and oxygen atoms in total. The standard InChI is InChI=1S/C21H17N3O6/c25-19-9-14(11-24(19)15-3-6-17-18(10-15)28-8-7-27-17)21(26)30-16-4-1-13(2-5-16)20-23-22-12-29-20/h1-6,10,12,14H,7-9,11H2/t14-/m0/s1. The Labute approximate surface area is 171 Å². The number of fused-ring (bicyclic) bond motifs is 1. The maximum Gasteiger partial charge on any atom is 0.316 e. The highest BCUT2D eigenvalue weighted by atomic mass is 16.6. The molecule has 2 aliphatic heterocycles. The largest absolute Gasteiger partial charge is 0.486 e. The quantitative estimate of drug-likeness (QED) is 0.480. The van der Waals surface area contributed by atoms with Crippen molar-refractivity contribution >= 4 is 17.6 Å². The van der Waals surface area contributed by atoms with E-state index in [2.05, 4.69) is 10.2 Å². The molecule has 5 rings (SSSR count). The predicted molar refractivity (Wildman–Crippen MR) is 103 cm³/mol. The Kier molecular flexibility index (Phi) is 4.55. The molecule has 0 spiro atoms. The van der Waals surface area contributed by atoms with E-state index in [1.165, 1.54) is 6.39 Å². The maximum atomic E-state index is 12.6.